The first-order chi connectivity index (χ1) is 8.95. The lowest BCUT2D eigenvalue weighted by atomic mass is 10.0. The van der Waals surface area contributed by atoms with Gasteiger partial charge >= 0.3 is 0 Å². The van der Waals surface area contributed by atoms with Gasteiger partial charge in [0.05, 0.1) is 0 Å². The van der Waals surface area contributed by atoms with Gasteiger partial charge in [0.1, 0.15) is 29.0 Å². The summed E-state index contributed by atoms with van der Waals surface area (Å²) in [6.07, 6.45) is 0. The molecule has 0 radical (unpaired) electrons. The van der Waals surface area contributed by atoms with E-state index in [9.17, 15) is 13.2 Å². The average molecular weight is 266 g/mol. The van der Waals surface area contributed by atoms with Crippen LogP contribution in [0.1, 0.15) is 25.3 Å². The molecule has 0 fully saturated rings. The quantitative estimate of drug-likeness (QED) is 0.758. The van der Waals surface area contributed by atoms with E-state index in [-0.39, 0.29) is 17.4 Å². The van der Waals surface area contributed by atoms with Gasteiger partial charge in [-0.2, -0.15) is 0 Å². The Morgan fingerprint density at radius 2 is 1.47 bits per heavy atom. The van der Waals surface area contributed by atoms with E-state index >= 15 is 0 Å². The summed E-state index contributed by atoms with van der Waals surface area (Å²) in [5.74, 6) is -1.63. The van der Waals surface area contributed by atoms with Gasteiger partial charge in [0.25, 0.3) is 0 Å². The number of rotatable bonds is 3. The van der Waals surface area contributed by atoms with Crippen molar-refractivity contribution in [3.8, 4) is 11.5 Å². The monoisotopic (exact) mass is 266 g/mol. The van der Waals surface area contributed by atoms with E-state index in [1.165, 1.54) is 6.07 Å². The van der Waals surface area contributed by atoms with Gasteiger partial charge < -0.3 is 4.74 Å². The third-order valence-corrected chi connectivity index (χ3v) is 2.67. The molecular formula is C15H13F3O. The van der Waals surface area contributed by atoms with Crippen molar-refractivity contribution in [3.05, 3.63) is 59.4 Å². The highest BCUT2D eigenvalue weighted by Crippen LogP contribution is 2.27. The van der Waals surface area contributed by atoms with Crippen LogP contribution < -0.4 is 4.74 Å². The fourth-order valence-electron chi connectivity index (χ4n) is 1.76. The number of hydrogen-bond donors (Lipinski definition) is 0. The van der Waals surface area contributed by atoms with Crippen LogP contribution in [0.15, 0.2) is 36.4 Å². The Balaban J connectivity index is 2.26. The first-order valence-electron chi connectivity index (χ1n) is 5.89. The van der Waals surface area contributed by atoms with Crippen molar-refractivity contribution in [3.63, 3.8) is 0 Å². The smallest absolute Gasteiger partial charge is 0.133 e. The van der Waals surface area contributed by atoms with E-state index < -0.39 is 17.5 Å². The Morgan fingerprint density at radius 1 is 0.842 bits per heavy atom. The molecule has 0 unspecified atom stereocenters. The minimum Gasteiger partial charge on any atom is -0.457 e. The maximum Gasteiger partial charge on any atom is 0.133 e. The second-order valence-corrected chi connectivity index (χ2v) is 4.55. The van der Waals surface area contributed by atoms with Crippen molar-refractivity contribution in [2.75, 3.05) is 0 Å². The maximum absolute atomic E-state index is 13.7. The number of hydrogen-bond acceptors (Lipinski definition) is 1. The molecule has 19 heavy (non-hydrogen) atoms. The third kappa shape index (κ3) is 3.28. The summed E-state index contributed by atoms with van der Waals surface area (Å²) in [6, 6.07) is 7.20. The average Bonchev–Trinajstić information content (AvgIpc) is 2.26. The number of ether oxygens (including phenoxy) is 1. The topological polar surface area (TPSA) is 9.23 Å². The van der Waals surface area contributed by atoms with E-state index in [0.717, 1.165) is 18.2 Å². The Morgan fingerprint density at radius 3 is 2.00 bits per heavy atom. The van der Waals surface area contributed by atoms with Gasteiger partial charge in [0.2, 0.25) is 0 Å². The molecule has 100 valence electrons. The van der Waals surface area contributed by atoms with Crippen molar-refractivity contribution in [1.82, 2.24) is 0 Å². The fourth-order valence-corrected chi connectivity index (χ4v) is 1.76. The highest BCUT2D eigenvalue weighted by atomic mass is 19.1. The summed E-state index contributed by atoms with van der Waals surface area (Å²) in [7, 11) is 0. The van der Waals surface area contributed by atoms with Gasteiger partial charge in [-0.15, -0.1) is 0 Å². The summed E-state index contributed by atoms with van der Waals surface area (Å²) < 4.78 is 44.9. The van der Waals surface area contributed by atoms with Gasteiger partial charge in [0.15, 0.2) is 0 Å². The van der Waals surface area contributed by atoms with Gasteiger partial charge in [-0.05, 0) is 17.5 Å². The molecule has 0 aliphatic rings. The minimum atomic E-state index is -0.741. The first kappa shape index (κ1) is 13.5. The number of benzene rings is 2. The SMILES string of the molecule is CC(C)c1ccc(Oc2cc(F)cc(F)c2)cc1F. The molecule has 2 rings (SSSR count). The lowest BCUT2D eigenvalue weighted by molar-refractivity contribution is 0.462. The molecule has 0 saturated heterocycles. The molecular weight excluding hydrogens is 253 g/mol. The van der Waals surface area contributed by atoms with Gasteiger partial charge in [-0.3, -0.25) is 0 Å². The minimum absolute atomic E-state index is 0.00537. The summed E-state index contributed by atoms with van der Waals surface area (Å²) >= 11 is 0. The van der Waals surface area contributed by atoms with Crippen LogP contribution >= 0.6 is 0 Å². The van der Waals surface area contributed by atoms with Crippen LogP contribution in [-0.2, 0) is 0 Å². The van der Waals surface area contributed by atoms with Crippen LogP contribution in [0, 0.1) is 17.5 Å². The van der Waals surface area contributed by atoms with Crippen LogP contribution in [0.25, 0.3) is 0 Å². The molecule has 0 heterocycles. The van der Waals surface area contributed by atoms with Crippen LogP contribution in [0.2, 0.25) is 0 Å². The highest BCUT2D eigenvalue weighted by molar-refractivity contribution is 5.35. The van der Waals surface area contributed by atoms with E-state index in [2.05, 4.69) is 0 Å². The summed E-state index contributed by atoms with van der Waals surface area (Å²) in [5.41, 5.74) is 0.567. The third-order valence-electron chi connectivity index (χ3n) is 2.67. The second-order valence-electron chi connectivity index (χ2n) is 4.55. The standard InChI is InChI=1S/C15H13F3O/c1-9(2)14-4-3-12(8-15(14)18)19-13-6-10(16)5-11(17)7-13/h3-9H,1-2H3. The zero-order valence-electron chi connectivity index (χ0n) is 10.6. The Hall–Kier alpha value is -1.97. The molecule has 0 amide bonds. The van der Waals surface area contributed by atoms with Crippen molar-refractivity contribution in [2.24, 2.45) is 0 Å². The lowest BCUT2D eigenvalue weighted by Crippen LogP contribution is -1.94. The Labute approximate surface area is 109 Å². The van der Waals surface area contributed by atoms with E-state index in [1.807, 2.05) is 13.8 Å². The zero-order chi connectivity index (χ0) is 14.0. The molecule has 0 aliphatic carbocycles. The van der Waals surface area contributed by atoms with Gasteiger partial charge in [0, 0.05) is 24.3 Å². The van der Waals surface area contributed by atoms with Crippen LogP contribution in [0.5, 0.6) is 11.5 Å². The molecule has 4 heteroatoms. The molecule has 0 aromatic heterocycles. The van der Waals surface area contributed by atoms with Crippen molar-refractivity contribution in [1.29, 1.82) is 0 Å². The molecule has 0 spiro atoms. The molecule has 0 saturated carbocycles. The lowest BCUT2D eigenvalue weighted by Gasteiger charge is -2.10. The zero-order valence-corrected chi connectivity index (χ0v) is 10.6. The highest BCUT2D eigenvalue weighted by Gasteiger charge is 2.09. The molecule has 0 aliphatic heterocycles. The Kier molecular flexibility index (Phi) is 3.79. The van der Waals surface area contributed by atoms with Gasteiger partial charge in [-0.1, -0.05) is 19.9 Å². The molecule has 2 aromatic carbocycles. The van der Waals surface area contributed by atoms with Crippen molar-refractivity contribution >= 4 is 0 Å². The number of halogens is 3. The molecule has 0 N–H and O–H groups in total. The summed E-state index contributed by atoms with van der Waals surface area (Å²) in [5, 5.41) is 0. The molecule has 0 bridgehead atoms. The predicted octanol–water partition coefficient (Wildman–Crippen LogP) is 5.02. The summed E-state index contributed by atoms with van der Waals surface area (Å²) in [4.78, 5) is 0. The fraction of sp³-hybridized carbons (Fsp3) is 0.200. The first-order valence-corrected chi connectivity index (χ1v) is 5.89. The van der Waals surface area contributed by atoms with E-state index in [0.29, 0.717) is 5.56 Å². The van der Waals surface area contributed by atoms with Crippen molar-refractivity contribution < 1.29 is 17.9 Å². The van der Waals surface area contributed by atoms with Crippen LogP contribution in [0.4, 0.5) is 13.2 Å². The summed E-state index contributed by atoms with van der Waals surface area (Å²) in [6.45, 7) is 3.75. The predicted molar refractivity (Wildman–Crippen MR) is 66.9 cm³/mol. The van der Waals surface area contributed by atoms with Crippen molar-refractivity contribution in [2.45, 2.75) is 19.8 Å². The van der Waals surface area contributed by atoms with Crippen LogP contribution in [-0.4, -0.2) is 0 Å². The van der Waals surface area contributed by atoms with Crippen LogP contribution in [0.3, 0.4) is 0 Å². The largest absolute Gasteiger partial charge is 0.457 e. The molecule has 0 atom stereocenters. The Bertz CT molecular complexity index is 574. The maximum atomic E-state index is 13.7. The molecule has 1 nitrogen and oxygen atoms in total. The molecule has 2 aromatic rings. The normalized spacial score (nSPS) is 10.8. The van der Waals surface area contributed by atoms with E-state index in [4.69, 9.17) is 4.74 Å². The second kappa shape index (κ2) is 5.34. The van der Waals surface area contributed by atoms with Gasteiger partial charge in [-0.25, -0.2) is 13.2 Å². The van der Waals surface area contributed by atoms with E-state index in [1.54, 1.807) is 12.1 Å².